The van der Waals surface area contributed by atoms with Gasteiger partial charge in [-0.15, -0.1) is 0 Å². The molecule has 3 heterocycles. The first-order chi connectivity index (χ1) is 17.2. The average Bonchev–Trinajstić information content (AvgIpc) is 3.19. The molecule has 0 spiro atoms. The molecule has 10 heteroatoms. The molecule has 10 nitrogen and oxygen atoms in total. The topological polar surface area (TPSA) is 106 Å². The van der Waals surface area contributed by atoms with Gasteiger partial charge >= 0.3 is 6.09 Å². The average molecular weight is 494 g/mol. The van der Waals surface area contributed by atoms with Crippen molar-refractivity contribution in [1.29, 1.82) is 0 Å². The van der Waals surface area contributed by atoms with Crippen LogP contribution in [0.5, 0.6) is 5.75 Å². The summed E-state index contributed by atoms with van der Waals surface area (Å²) in [5.41, 5.74) is 3.77. The number of hydrogen-bond donors (Lipinski definition) is 2. The Balaban J connectivity index is 1.27. The highest BCUT2D eigenvalue weighted by Gasteiger charge is 2.33. The first-order valence-corrected chi connectivity index (χ1v) is 12.5. The Labute approximate surface area is 211 Å². The fraction of sp³-hybridized carbons (Fsp3) is 0.538. The van der Waals surface area contributed by atoms with Crippen LogP contribution < -0.4 is 15.4 Å². The van der Waals surface area contributed by atoms with Crippen LogP contribution in [0.15, 0.2) is 24.5 Å². The molecule has 0 unspecified atom stereocenters. The van der Waals surface area contributed by atoms with Crippen molar-refractivity contribution in [2.24, 2.45) is 5.92 Å². The van der Waals surface area contributed by atoms with E-state index in [-0.39, 0.29) is 12.1 Å². The van der Waals surface area contributed by atoms with E-state index in [1.165, 1.54) is 11.1 Å². The van der Waals surface area contributed by atoms with Crippen LogP contribution in [0.4, 0.5) is 16.4 Å². The summed E-state index contributed by atoms with van der Waals surface area (Å²) >= 11 is 0. The number of ether oxygens (including phenoxy) is 2. The monoisotopic (exact) mass is 493 g/mol. The molecular formula is C26H35N7O3. The number of anilines is 2. The second kappa shape index (κ2) is 9.57. The lowest BCUT2D eigenvalue weighted by molar-refractivity contribution is 0.0498. The lowest BCUT2D eigenvalue weighted by atomic mass is 9.80. The van der Waals surface area contributed by atoms with Crippen LogP contribution >= 0.6 is 0 Å². The number of likely N-dealkylation sites (N-methyl/N-ethyl adjacent to an activating group) is 1. The summed E-state index contributed by atoms with van der Waals surface area (Å²) < 4.78 is 13.0. The van der Waals surface area contributed by atoms with Crippen LogP contribution in [0.1, 0.15) is 50.8 Å². The number of amides is 1. The zero-order valence-corrected chi connectivity index (χ0v) is 21.7. The van der Waals surface area contributed by atoms with Gasteiger partial charge < -0.3 is 25.0 Å². The van der Waals surface area contributed by atoms with Gasteiger partial charge in [-0.05, 0) is 76.3 Å². The van der Waals surface area contributed by atoms with Crippen molar-refractivity contribution in [3.63, 3.8) is 0 Å². The van der Waals surface area contributed by atoms with E-state index in [9.17, 15) is 4.79 Å². The highest BCUT2D eigenvalue weighted by Crippen LogP contribution is 2.39. The Morgan fingerprint density at radius 3 is 2.75 bits per heavy atom. The molecule has 3 aromatic rings. The number of methoxy groups -OCH3 is 1. The van der Waals surface area contributed by atoms with Crippen LogP contribution in [-0.2, 0) is 17.7 Å². The molecule has 1 fully saturated rings. The first-order valence-electron chi connectivity index (χ1n) is 12.5. The van der Waals surface area contributed by atoms with Crippen molar-refractivity contribution in [3.05, 3.63) is 35.7 Å². The summed E-state index contributed by atoms with van der Waals surface area (Å²) in [6.07, 6.45) is 6.09. The molecule has 192 valence electrons. The third-order valence-electron chi connectivity index (χ3n) is 6.80. The van der Waals surface area contributed by atoms with E-state index in [1.807, 2.05) is 25.5 Å². The molecular weight excluding hydrogens is 458 g/mol. The van der Waals surface area contributed by atoms with E-state index in [2.05, 4.69) is 44.8 Å². The summed E-state index contributed by atoms with van der Waals surface area (Å²) in [6, 6.07) is 4.50. The molecule has 5 rings (SSSR count). The Morgan fingerprint density at radius 2 is 2.00 bits per heavy atom. The fourth-order valence-corrected chi connectivity index (χ4v) is 4.89. The molecule has 0 saturated heterocycles. The number of carbonyl (C=O) groups is 1. The van der Waals surface area contributed by atoms with Crippen LogP contribution in [0.25, 0.3) is 11.0 Å². The highest BCUT2D eigenvalue weighted by atomic mass is 16.6. The van der Waals surface area contributed by atoms with E-state index in [4.69, 9.17) is 14.5 Å². The molecule has 1 saturated carbocycles. The molecule has 0 radical (unpaired) electrons. The first kappa shape index (κ1) is 24.3. The van der Waals surface area contributed by atoms with Crippen LogP contribution in [0.2, 0.25) is 0 Å². The van der Waals surface area contributed by atoms with Crippen molar-refractivity contribution in [2.75, 3.05) is 32.6 Å². The van der Waals surface area contributed by atoms with Crippen molar-refractivity contribution in [2.45, 2.75) is 58.2 Å². The number of benzene rings is 1. The molecule has 1 amide bonds. The maximum absolute atomic E-state index is 11.9. The Bertz CT molecular complexity index is 1260. The minimum Gasteiger partial charge on any atom is -0.495 e. The van der Waals surface area contributed by atoms with E-state index in [0.29, 0.717) is 18.4 Å². The Hall–Kier alpha value is -3.40. The highest BCUT2D eigenvalue weighted by molar-refractivity contribution is 5.76. The lowest BCUT2D eigenvalue weighted by Gasteiger charge is -2.35. The molecule has 2 aliphatic rings. The van der Waals surface area contributed by atoms with Gasteiger partial charge in [0.15, 0.2) is 5.65 Å². The number of alkyl carbamates (subject to hydrolysis) is 1. The number of nitrogens with one attached hydrogen (secondary N) is 2. The SMILES string of the molecule is COc1cc2c(cc1Nc1ncc3cnn([C@H]4C[C@H](CNC(=O)OC(C)(C)C)C4)c3n1)CN(C)CC2. The molecule has 2 N–H and O–H groups in total. The number of aromatic nitrogens is 4. The molecule has 0 atom stereocenters. The summed E-state index contributed by atoms with van der Waals surface area (Å²) in [4.78, 5) is 23.6. The van der Waals surface area contributed by atoms with Gasteiger partial charge in [-0.3, -0.25) is 0 Å². The van der Waals surface area contributed by atoms with Gasteiger partial charge in [0.05, 0.1) is 30.4 Å². The third kappa shape index (κ3) is 5.23. The van der Waals surface area contributed by atoms with Gasteiger partial charge in [-0.1, -0.05) is 0 Å². The van der Waals surface area contributed by atoms with Crippen molar-refractivity contribution in [3.8, 4) is 5.75 Å². The van der Waals surface area contributed by atoms with E-state index in [1.54, 1.807) is 19.5 Å². The number of fused-ring (bicyclic) bond motifs is 2. The number of rotatable bonds is 6. The van der Waals surface area contributed by atoms with Gasteiger partial charge in [0, 0.05) is 25.8 Å². The van der Waals surface area contributed by atoms with E-state index >= 15 is 0 Å². The van der Waals surface area contributed by atoms with Crippen LogP contribution in [-0.4, -0.2) is 63.6 Å². The van der Waals surface area contributed by atoms with Crippen LogP contribution in [0.3, 0.4) is 0 Å². The van der Waals surface area contributed by atoms with Crippen molar-refractivity contribution in [1.82, 2.24) is 30.0 Å². The molecule has 1 aliphatic carbocycles. The quantitative estimate of drug-likeness (QED) is 0.530. The van der Waals surface area contributed by atoms with Crippen molar-refractivity contribution >= 4 is 28.8 Å². The Kier molecular flexibility index (Phi) is 6.46. The molecule has 1 aromatic carbocycles. The number of carbonyl (C=O) groups excluding carboxylic acids is 1. The van der Waals surface area contributed by atoms with E-state index in [0.717, 1.165) is 54.8 Å². The van der Waals surface area contributed by atoms with Gasteiger partial charge in [-0.25, -0.2) is 14.5 Å². The molecule has 1 aliphatic heterocycles. The lowest BCUT2D eigenvalue weighted by Crippen LogP contribution is -2.39. The standard InChI is InChI=1S/C26H35N7O3/c1-26(2,3)36-25(34)28-12-16-8-20(9-16)33-23-19(14-29-33)13-27-24(31-23)30-21-10-18-15-32(4)7-6-17(18)11-22(21)35-5/h10-11,13-14,16,20H,6-9,12,15H2,1-5H3,(H,28,34)(H,27,30,31)/t16-,20-. The van der Waals surface area contributed by atoms with E-state index < -0.39 is 5.60 Å². The number of nitrogens with zero attached hydrogens (tertiary/aromatic N) is 5. The summed E-state index contributed by atoms with van der Waals surface area (Å²) in [5.74, 6) is 1.68. The molecule has 2 aromatic heterocycles. The molecule has 36 heavy (non-hydrogen) atoms. The van der Waals surface area contributed by atoms with Gasteiger partial charge in [0.25, 0.3) is 0 Å². The summed E-state index contributed by atoms with van der Waals surface area (Å²) in [5, 5.41) is 11.7. The predicted octanol–water partition coefficient (Wildman–Crippen LogP) is 4.04. The summed E-state index contributed by atoms with van der Waals surface area (Å²) in [7, 11) is 3.82. The minimum absolute atomic E-state index is 0.240. The van der Waals surface area contributed by atoms with Crippen molar-refractivity contribution < 1.29 is 14.3 Å². The second-order valence-corrected chi connectivity index (χ2v) is 10.9. The normalized spacial score (nSPS) is 19.9. The number of hydrogen-bond acceptors (Lipinski definition) is 8. The minimum atomic E-state index is -0.495. The van der Waals surface area contributed by atoms with Gasteiger partial charge in [-0.2, -0.15) is 10.1 Å². The van der Waals surface area contributed by atoms with Gasteiger partial charge in [0.2, 0.25) is 5.95 Å². The maximum Gasteiger partial charge on any atom is 0.407 e. The smallest absolute Gasteiger partial charge is 0.407 e. The fourth-order valence-electron chi connectivity index (χ4n) is 4.89. The van der Waals surface area contributed by atoms with Crippen LogP contribution in [0, 0.1) is 5.92 Å². The third-order valence-corrected chi connectivity index (χ3v) is 6.80. The largest absolute Gasteiger partial charge is 0.495 e. The van der Waals surface area contributed by atoms with Gasteiger partial charge in [0.1, 0.15) is 11.4 Å². The maximum atomic E-state index is 11.9. The second-order valence-electron chi connectivity index (χ2n) is 10.9. The predicted molar refractivity (Wildman–Crippen MR) is 138 cm³/mol. The zero-order chi connectivity index (χ0) is 25.4. The molecule has 0 bridgehead atoms. The Morgan fingerprint density at radius 1 is 1.19 bits per heavy atom. The zero-order valence-electron chi connectivity index (χ0n) is 21.7. The summed E-state index contributed by atoms with van der Waals surface area (Å²) in [6.45, 7) is 8.14.